The molecule has 2 saturated heterocycles. The Labute approximate surface area is 309 Å². The Bertz CT molecular complexity index is 1900. The summed E-state index contributed by atoms with van der Waals surface area (Å²) in [6.07, 6.45) is 4.42. The van der Waals surface area contributed by atoms with Crippen LogP contribution >= 0.6 is 0 Å². The highest BCUT2D eigenvalue weighted by Crippen LogP contribution is 2.38. The van der Waals surface area contributed by atoms with Crippen molar-refractivity contribution in [3.8, 4) is 6.07 Å². The van der Waals surface area contributed by atoms with E-state index in [1.807, 2.05) is 36.2 Å². The van der Waals surface area contributed by atoms with Gasteiger partial charge in [0, 0.05) is 76.1 Å². The molecule has 282 valence electrons. The molecule has 2 aromatic heterocycles. The Morgan fingerprint density at radius 3 is 2.54 bits per heavy atom. The smallest absolute Gasteiger partial charge is 0.410 e. The molecule has 3 aromatic rings. The monoisotopic (exact) mass is 730 g/mol. The van der Waals surface area contributed by atoms with E-state index in [0.29, 0.717) is 45.9 Å². The summed E-state index contributed by atoms with van der Waals surface area (Å²) in [6.45, 7) is 22.3. The van der Waals surface area contributed by atoms with Gasteiger partial charge in [-0.3, -0.25) is 4.79 Å². The second kappa shape index (κ2) is 14.9. The van der Waals surface area contributed by atoms with Crippen molar-refractivity contribution in [2.45, 2.75) is 117 Å². The van der Waals surface area contributed by atoms with E-state index in [1.54, 1.807) is 4.90 Å². The molecule has 3 aliphatic heterocycles. The average molecular weight is 731 g/mol. The molecule has 0 radical (unpaired) electrons. The Morgan fingerprint density at radius 2 is 1.88 bits per heavy atom. The highest BCUT2D eigenvalue weighted by Gasteiger charge is 2.37. The summed E-state index contributed by atoms with van der Waals surface area (Å²) in [4.78, 5) is 36.2. The van der Waals surface area contributed by atoms with Crippen LogP contribution in [0.4, 0.5) is 16.2 Å². The van der Waals surface area contributed by atoms with E-state index in [1.165, 1.54) is 0 Å². The van der Waals surface area contributed by atoms with Gasteiger partial charge >= 0.3 is 6.09 Å². The zero-order valence-electron chi connectivity index (χ0n) is 32.8. The van der Waals surface area contributed by atoms with Crippen LogP contribution in [0.3, 0.4) is 0 Å². The van der Waals surface area contributed by atoms with Crippen molar-refractivity contribution in [1.29, 1.82) is 5.26 Å². The number of carbonyl (C=O) groups is 1. The number of hydrogen-bond donors (Lipinski definition) is 0. The number of rotatable bonds is 9. The first-order chi connectivity index (χ1) is 24.6. The van der Waals surface area contributed by atoms with E-state index >= 15 is 0 Å². The molecule has 0 saturated carbocycles. The lowest BCUT2D eigenvalue weighted by molar-refractivity contribution is 0.0218. The van der Waals surface area contributed by atoms with Gasteiger partial charge in [0.1, 0.15) is 24.0 Å². The molecule has 0 spiro atoms. The standard InChI is InChI=1S/C39H58N8O4Si/c1-27-12-13-33-32(22-41-47(33)26-50-19-20-52(7,8)9)35(27)43-16-14-30-34(25-43)46(24-29-11-10-15-42(29)6)37(48)31(21-40)36(30)45-18-17-44(23-28(45)2)38(49)51-39(3,4)5/h12-13,22,28-29H,10-11,14-20,23-26H2,1-9H3. The number of nitrogens with zero attached hydrogens (tertiary/aromatic N) is 8. The van der Waals surface area contributed by atoms with Crippen molar-refractivity contribution >= 4 is 36.4 Å². The predicted octanol–water partition coefficient (Wildman–Crippen LogP) is 5.79. The van der Waals surface area contributed by atoms with E-state index < -0.39 is 13.7 Å². The number of ether oxygens (including phenoxy) is 2. The van der Waals surface area contributed by atoms with Gasteiger partial charge in [-0.05, 0) is 85.1 Å². The third kappa shape index (κ3) is 7.89. The van der Waals surface area contributed by atoms with Gasteiger partial charge in [0.05, 0.1) is 29.6 Å². The van der Waals surface area contributed by atoms with E-state index in [-0.39, 0.29) is 29.3 Å². The number of anilines is 2. The van der Waals surface area contributed by atoms with E-state index in [9.17, 15) is 14.9 Å². The number of fused-ring (bicyclic) bond motifs is 2. The minimum atomic E-state index is -1.20. The highest BCUT2D eigenvalue weighted by atomic mass is 28.3. The number of amides is 1. The number of hydrogen-bond acceptors (Lipinski definition) is 9. The van der Waals surface area contributed by atoms with Crippen molar-refractivity contribution in [2.75, 3.05) is 56.2 Å². The Morgan fingerprint density at radius 1 is 1.12 bits per heavy atom. The SMILES string of the molecule is Cc1ccc2c(cnn2COCC[Si](C)(C)C)c1N1CCc2c(N3CCN(C(=O)OC(C)(C)C)CC3C)c(C#N)c(=O)n(CC3CCCN3C)c2C1. The first-order valence-electron chi connectivity index (χ1n) is 19.0. The van der Waals surface area contributed by atoms with Crippen LogP contribution in [-0.4, -0.2) is 102 Å². The predicted molar refractivity (Wildman–Crippen MR) is 209 cm³/mol. The van der Waals surface area contributed by atoms with Crippen molar-refractivity contribution in [2.24, 2.45) is 0 Å². The van der Waals surface area contributed by atoms with Crippen molar-refractivity contribution in [3.05, 3.63) is 51.1 Å². The first-order valence-corrected chi connectivity index (χ1v) is 22.7. The number of likely N-dealkylation sites (tertiary alicyclic amines) is 1. The van der Waals surface area contributed by atoms with Gasteiger partial charge in [0.15, 0.2) is 0 Å². The van der Waals surface area contributed by atoms with Crippen molar-refractivity contribution < 1.29 is 14.3 Å². The van der Waals surface area contributed by atoms with Crippen molar-refractivity contribution in [3.63, 3.8) is 0 Å². The first kappa shape index (κ1) is 37.9. The summed E-state index contributed by atoms with van der Waals surface area (Å²) < 4.78 is 15.6. The number of likely N-dealkylation sites (N-methyl/N-ethyl adjacent to an activating group) is 1. The summed E-state index contributed by atoms with van der Waals surface area (Å²) in [5.74, 6) is 0. The zero-order valence-corrected chi connectivity index (χ0v) is 33.8. The maximum Gasteiger partial charge on any atom is 0.410 e. The molecule has 2 fully saturated rings. The van der Waals surface area contributed by atoms with Gasteiger partial charge in [-0.2, -0.15) is 10.4 Å². The highest BCUT2D eigenvalue weighted by molar-refractivity contribution is 6.76. The number of aromatic nitrogens is 3. The van der Waals surface area contributed by atoms with Crippen LogP contribution in [0.15, 0.2) is 23.1 Å². The van der Waals surface area contributed by atoms with Crippen LogP contribution in [0.1, 0.15) is 62.9 Å². The number of benzene rings is 1. The van der Waals surface area contributed by atoms with E-state index in [4.69, 9.17) is 14.6 Å². The lowest BCUT2D eigenvalue weighted by Crippen LogP contribution is -2.55. The van der Waals surface area contributed by atoms with Crippen LogP contribution in [0.2, 0.25) is 25.7 Å². The van der Waals surface area contributed by atoms with Gasteiger partial charge < -0.3 is 33.6 Å². The minimum Gasteiger partial charge on any atom is -0.444 e. The number of nitriles is 1. The summed E-state index contributed by atoms with van der Waals surface area (Å²) >= 11 is 0. The molecule has 52 heavy (non-hydrogen) atoms. The minimum absolute atomic E-state index is 0.110. The quantitative estimate of drug-likeness (QED) is 0.200. The second-order valence-corrected chi connectivity index (χ2v) is 22.9. The molecule has 0 bridgehead atoms. The maximum atomic E-state index is 14.5. The van der Waals surface area contributed by atoms with Gasteiger partial charge in [0.2, 0.25) is 0 Å². The summed E-state index contributed by atoms with van der Waals surface area (Å²) in [5, 5.41) is 16.4. The van der Waals surface area contributed by atoms with Crippen LogP contribution in [0.5, 0.6) is 0 Å². The molecule has 2 atom stereocenters. The van der Waals surface area contributed by atoms with E-state index in [2.05, 4.69) is 73.4 Å². The van der Waals surface area contributed by atoms with Gasteiger partial charge in [0.25, 0.3) is 5.56 Å². The molecule has 13 heteroatoms. The van der Waals surface area contributed by atoms with Gasteiger partial charge in [-0.25, -0.2) is 9.48 Å². The Balaban J connectivity index is 1.37. The molecule has 0 N–H and O–H groups in total. The molecule has 1 amide bonds. The fraction of sp³-hybridized carbons (Fsp3) is 0.641. The third-order valence-electron chi connectivity index (χ3n) is 10.9. The summed E-state index contributed by atoms with van der Waals surface area (Å²) in [6, 6.07) is 7.87. The maximum absolute atomic E-state index is 14.5. The number of aryl methyl sites for hydroxylation is 1. The molecule has 3 aliphatic rings. The Kier molecular flexibility index (Phi) is 10.8. The number of carbonyl (C=O) groups excluding carboxylic acids is 1. The van der Waals surface area contributed by atoms with Crippen molar-refractivity contribution in [1.82, 2.24) is 24.1 Å². The van der Waals surface area contributed by atoms with Gasteiger partial charge in [-0.15, -0.1) is 0 Å². The molecule has 12 nitrogen and oxygen atoms in total. The molecule has 5 heterocycles. The van der Waals surface area contributed by atoms with Gasteiger partial charge in [-0.1, -0.05) is 25.7 Å². The molecule has 2 unspecified atom stereocenters. The topological polar surface area (TPSA) is 112 Å². The van der Waals surface area contributed by atoms with Crippen LogP contribution < -0.4 is 15.4 Å². The molecule has 0 aliphatic carbocycles. The Hall–Kier alpha value is -3.86. The number of pyridine rings is 1. The lowest BCUT2D eigenvalue weighted by Gasteiger charge is -2.44. The normalized spacial score (nSPS) is 20.0. The third-order valence-corrected chi connectivity index (χ3v) is 12.6. The van der Waals surface area contributed by atoms with E-state index in [0.717, 1.165) is 77.7 Å². The zero-order chi connectivity index (χ0) is 37.5. The van der Waals surface area contributed by atoms with Crippen LogP contribution in [0.25, 0.3) is 10.9 Å². The molecular formula is C39H58N8O4Si. The molecule has 1 aromatic carbocycles. The number of piperazine rings is 1. The van der Waals surface area contributed by atoms with Crippen LogP contribution in [0, 0.1) is 18.3 Å². The average Bonchev–Trinajstić information content (AvgIpc) is 3.67. The molecular weight excluding hydrogens is 673 g/mol. The lowest BCUT2D eigenvalue weighted by atomic mass is 9.95. The fourth-order valence-corrected chi connectivity index (χ4v) is 8.82. The summed E-state index contributed by atoms with van der Waals surface area (Å²) in [5.41, 5.74) is 5.50. The summed E-state index contributed by atoms with van der Waals surface area (Å²) in [7, 11) is 0.932. The molecule has 6 rings (SSSR count). The largest absolute Gasteiger partial charge is 0.444 e. The van der Waals surface area contributed by atoms with Crippen LogP contribution in [-0.2, 0) is 35.7 Å². The fourth-order valence-electron chi connectivity index (χ4n) is 8.06. The second-order valence-electron chi connectivity index (χ2n) is 17.2.